The van der Waals surface area contributed by atoms with Crippen molar-refractivity contribution >= 4 is 5.97 Å². The Hall–Kier alpha value is -0.610. The van der Waals surface area contributed by atoms with Gasteiger partial charge < -0.3 is 14.6 Å². The third-order valence-electron chi connectivity index (χ3n) is 1.32. The molecule has 1 N–H and O–H groups in total. The Kier molecular flexibility index (Phi) is 2.24. The molecular weight excluding hydrogens is 136 g/mol. The van der Waals surface area contributed by atoms with Crippen LogP contribution in [0.2, 0.25) is 0 Å². The lowest BCUT2D eigenvalue weighted by Crippen LogP contribution is -2.28. The van der Waals surface area contributed by atoms with Crippen LogP contribution in [0, 0.1) is 0 Å². The molecule has 0 aromatic rings. The van der Waals surface area contributed by atoms with Gasteiger partial charge in [0.25, 0.3) is 0 Å². The van der Waals surface area contributed by atoms with Gasteiger partial charge in [0.1, 0.15) is 6.10 Å². The molecule has 1 aliphatic rings. The number of carbonyl (C=O) groups is 1. The van der Waals surface area contributed by atoms with Crippen LogP contribution in [0.3, 0.4) is 0 Å². The number of aliphatic hydroxyl groups excluding tert-OH is 1. The first kappa shape index (κ1) is 7.50. The van der Waals surface area contributed by atoms with Crippen LogP contribution in [0.5, 0.6) is 0 Å². The summed E-state index contributed by atoms with van der Waals surface area (Å²) in [6.45, 7) is 1.88. The fraction of sp³-hybridized carbons (Fsp3) is 0.833. The van der Waals surface area contributed by atoms with Gasteiger partial charge in [0.2, 0.25) is 0 Å². The molecule has 10 heavy (non-hydrogen) atoms. The van der Waals surface area contributed by atoms with Crippen LogP contribution in [-0.2, 0) is 14.3 Å². The molecule has 0 aromatic carbocycles. The van der Waals surface area contributed by atoms with Crippen molar-refractivity contribution in [3.8, 4) is 0 Å². The average Bonchev–Trinajstić information content (AvgIpc) is 2.15. The largest absolute Gasteiger partial charge is 0.457 e. The molecule has 0 bridgehead atoms. The van der Waals surface area contributed by atoms with Crippen LogP contribution in [0.1, 0.15) is 6.92 Å². The quantitative estimate of drug-likeness (QED) is 0.497. The Bertz CT molecular complexity index is 134. The van der Waals surface area contributed by atoms with E-state index in [0.717, 1.165) is 0 Å². The van der Waals surface area contributed by atoms with E-state index in [4.69, 9.17) is 14.6 Å². The molecule has 58 valence electrons. The van der Waals surface area contributed by atoms with Crippen molar-refractivity contribution in [3.05, 3.63) is 0 Å². The Morgan fingerprint density at radius 3 is 2.80 bits per heavy atom. The Labute approximate surface area is 58.7 Å². The molecular formula is C6H10O4. The summed E-state index contributed by atoms with van der Waals surface area (Å²) in [5, 5.41) is 9.04. The molecule has 0 radical (unpaired) electrons. The van der Waals surface area contributed by atoms with E-state index in [1.165, 1.54) is 6.92 Å². The number of carbonyl (C=O) groups excluding carboxylic acids is 1. The third-order valence-corrected chi connectivity index (χ3v) is 1.32. The van der Waals surface area contributed by atoms with E-state index in [2.05, 4.69) is 0 Å². The van der Waals surface area contributed by atoms with Crippen LogP contribution >= 0.6 is 0 Å². The summed E-state index contributed by atoms with van der Waals surface area (Å²) in [6, 6.07) is 0. The summed E-state index contributed by atoms with van der Waals surface area (Å²) in [5.74, 6) is -0.380. The molecule has 0 spiro atoms. The van der Waals surface area contributed by atoms with E-state index in [1.807, 2.05) is 0 Å². The second kappa shape index (κ2) is 2.98. The number of hydrogen-bond donors (Lipinski definition) is 1. The number of rotatable bonds is 1. The zero-order chi connectivity index (χ0) is 7.56. The predicted molar refractivity (Wildman–Crippen MR) is 32.4 cm³/mol. The number of ether oxygens (including phenoxy) is 2. The van der Waals surface area contributed by atoms with Gasteiger partial charge in [0, 0.05) is 6.92 Å². The Balaban J connectivity index is 2.33. The molecule has 0 saturated carbocycles. The van der Waals surface area contributed by atoms with Gasteiger partial charge in [-0.15, -0.1) is 0 Å². The highest BCUT2D eigenvalue weighted by Gasteiger charge is 2.28. The maximum Gasteiger partial charge on any atom is 0.303 e. The number of hydrogen-bond acceptors (Lipinski definition) is 4. The van der Waals surface area contributed by atoms with Crippen LogP contribution in [-0.4, -0.2) is 36.5 Å². The van der Waals surface area contributed by atoms with Crippen LogP contribution in [0.25, 0.3) is 0 Å². The van der Waals surface area contributed by atoms with Crippen LogP contribution in [0.4, 0.5) is 0 Å². The highest BCUT2D eigenvalue weighted by molar-refractivity contribution is 5.66. The van der Waals surface area contributed by atoms with Gasteiger partial charge in [-0.25, -0.2) is 0 Å². The first-order valence-corrected chi connectivity index (χ1v) is 3.13. The summed E-state index contributed by atoms with van der Waals surface area (Å²) in [7, 11) is 0. The maximum atomic E-state index is 10.4. The molecule has 4 nitrogen and oxygen atoms in total. The van der Waals surface area contributed by atoms with E-state index in [0.29, 0.717) is 6.61 Å². The van der Waals surface area contributed by atoms with E-state index < -0.39 is 12.2 Å². The zero-order valence-electron chi connectivity index (χ0n) is 5.74. The van der Waals surface area contributed by atoms with E-state index in [9.17, 15) is 4.79 Å². The molecule has 0 unspecified atom stereocenters. The van der Waals surface area contributed by atoms with Gasteiger partial charge in [-0.1, -0.05) is 0 Å². The topological polar surface area (TPSA) is 55.8 Å². The fourth-order valence-electron chi connectivity index (χ4n) is 0.849. The summed E-state index contributed by atoms with van der Waals surface area (Å²) < 4.78 is 9.55. The summed E-state index contributed by atoms with van der Waals surface area (Å²) in [5.41, 5.74) is 0. The molecule has 1 aliphatic heterocycles. The third kappa shape index (κ3) is 1.68. The summed E-state index contributed by atoms with van der Waals surface area (Å²) in [4.78, 5) is 10.4. The lowest BCUT2D eigenvalue weighted by molar-refractivity contribution is -0.149. The normalized spacial score (nSPS) is 32.2. The molecule has 0 aliphatic carbocycles. The first-order valence-electron chi connectivity index (χ1n) is 3.13. The fourth-order valence-corrected chi connectivity index (χ4v) is 0.849. The first-order chi connectivity index (χ1) is 4.70. The average molecular weight is 146 g/mol. The molecule has 1 saturated heterocycles. The van der Waals surface area contributed by atoms with Crippen molar-refractivity contribution in [2.75, 3.05) is 13.2 Å². The molecule has 0 amide bonds. The summed E-state index contributed by atoms with van der Waals surface area (Å²) >= 11 is 0. The molecule has 1 rings (SSSR count). The molecule has 1 heterocycles. The minimum absolute atomic E-state index is 0.262. The van der Waals surface area contributed by atoms with Crippen LogP contribution in [0.15, 0.2) is 0 Å². The zero-order valence-corrected chi connectivity index (χ0v) is 5.74. The van der Waals surface area contributed by atoms with Crippen LogP contribution < -0.4 is 0 Å². The Morgan fingerprint density at radius 2 is 2.40 bits per heavy atom. The molecule has 4 heteroatoms. The van der Waals surface area contributed by atoms with Gasteiger partial charge in [0.05, 0.1) is 13.2 Å². The van der Waals surface area contributed by atoms with Crippen molar-refractivity contribution in [1.29, 1.82) is 0 Å². The molecule has 2 atom stereocenters. The summed E-state index contributed by atoms with van der Waals surface area (Å²) in [6.07, 6.45) is -1.11. The molecule has 1 fully saturated rings. The minimum atomic E-state index is -0.649. The van der Waals surface area contributed by atoms with Gasteiger partial charge in [0.15, 0.2) is 6.10 Å². The second-order valence-electron chi connectivity index (χ2n) is 2.25. The number of aliphatic hydroxyl groups is 1. The predicted octanol–water partition coefficient (Wildman–Crippen LogP) is -0.691. The van der Waals surface area contributed by atoms with Gasteiger partial charge >= 0.3 is 5.97 Å². The maximum absolute atomic E-state index is 10.4. The van der Waals surface area contributed by atoms with Crippen molar-refractivity contribution in [3.63, 3.8) is 0 Å². The van der Waals surface area contributed by atoms with Gasteiger partial charge in [-0.2, -0.15) is 0 Å². The van der Waals surface area contributed by atoms with Gasteiger partial charge in [-0.3, -0.25) is 4.79 Å². The minimum Gasteiger partial charge on any atom is -0.457 e. The highest BCUT2D eigenvalue weighted by atomic mass is 16.6. The standard InChI is InChI=1S/C6H10O4/c1-4(7)10-6-3-9-2-5(6)8/h5-6,8H,2-3H2,1H3/t5-,6+/m1/s1. The lowest BCUT2D eigenvalue weighted by Gasteiger charge is -2.11. The van der Waals surface area contributed by atoms with Crippen molar-refractivity contribution in [1.82, 2.24) is 0 Å². The van der Waals surface area contributed by atoms with Crippen molar-refractivity contribution < 1.29 is 19.4 Å². The van der Waals surface area contributed by atoms with E-state index >= 15 is 0 Å². The smallest absolute Gasteiger partial charge is 0.303 e. The second-order valence-corrected chi connectivity index (χ2v) is 2.25. The monoisotopic (exact) mass is 146 g/mol. The Morgan fingerprint density at radius 1 is 1.70 bits per heavy atom. The SMILES string of the molecule is CC(=O)O[C@H]1COC[C@H]1O. The van der Waals surface area contributed by atoms with E-state index in [1.54, 1.807) is 0 Å². The number of esters is 1. The van der Waals surface area contributed by atoms with E-state index in [-0.39, 0.29) is 12.6 Å². The van der Waals surface area contributed by atoms with Gasteiger partial charge in [-0.05, 0) is 0 Å². The lowest BCUT2D eigenvalue weighted by atomic mass is 10.3. The highest BCUT2D eigenvalue weighted by Crippen LogP contribution is 2.08. The van der Waals surface area contributed by atoms with Crippen molar-refractivity contribution in [2.45, 2.75) is 19.1 Å². The van der Waals surface area contributed by atoms with Crippen molar-refractivity contribution in [2.24, 2.45) is 0 Å². The molecule has 0 aromatic heterocycles.